The molecule has 0 radical (unpaired) electrons. The molecule has 1 aromatic heterocycles. The van der Waals surface area contributed by atoms with Crippen molar-refractivity contribution in [2.45, 2.75) is 12.6 Å². The number of pyridine rings is 1. The summed E-state index contributed by atoms with van der Waals surface area (Å²) in [5.41, 5.74) is 0.968. The number of likely N-dealkylation sites (N-methyl/N-ethyl adjacent to an activating group) is 1. The van der Waals surface area contributed by atoms with Crippen molar-refractivity contribution in [2.24, 2.45) is 0 Å². The van der Waals surface area contributed by atoms with Gasteiger partial charge in [0.2, 0.25) is 0 Å². The van der Waals surface area contributed by atoms with Crippen molar-refractivity contribution in [1.82, 2.24) is 9.88 Å². The normalized spacial score (nSPS) is 15.7. The van der Waals surface area contributed by atoms with E-state index in [1.54, 1.807) is 7.05 Å². The van der Waals surface area contributed by atoms with Crippen LogP contribution in [0.4, 0.5) is 19.3 Å². The number of carbonyl (C=O) groups is 1. The maximum absolute atomic E-state index is 13.7. The summed E-state index contributed by atoms with van der Waals surface area (Å²) in [6.07, 6.45) is 0. The van der Waals surface area contributed by atoms with E-state index in [2.05, 4.69) is 10.3 Å². The van der Waals surface area contributed by atoms with Gasteiger partial charge in [-0.15, -0.1) is 0 Å². The lowest BCUT2D eigenvalue weighted by Crippen LogP contribution is -2.39. The van der Waals surface area contributed by atoms with E-state index in [0.29, 0.717) is 16.6 Å². The Balaban J connectivity index is 1.70. The zero-order chi connectivity index (χ0) is 21.6. The first-order chi connectivity index (χ1) is 14.3. The first-order valence-corrected chi connectivity index (χ1v) is 9.62. The predicted octanol–water partition coefficient (Wildman–Crippen LogP) is 4.85. The smallest absolute Gasteiger partial charge is 0.322 e. The second kappa shape index (κ2) is 7.86. The van der Waals surface area contributed by atoms with Gasteiger partial charge in [-0.1, -0.05) is 29.3 Å². The Hall–Kier alpha value is -2.68. The lowest BCUT2D eigenvalue weighted by Gasteiger charge is -2.33. The van der Waals surface area contributed by atoms with Gasteiger partial charge in [0.25, 0.3) is 5.56 Å². The Kier molecular flexibility index (Phi) is 5.40. The molecule has 3 aromatic rings. The highest BCUT2D eigenvalue weighted by Gasteiger charge is 2.30. The molecule has 0 bridgehead atoms. The highest BCUT2D eigenvalue weighted by atomic mass is 35.5. The van der Waals surface area contributed by atoms with Crippen LogP contribution >= 0.6 is 23.2 Å². The Labute approximate surface area is 179 Å². The van der Waals surface area contributed by atoms with Crippen molar-refractivity contribution in [3.8, 4) is 0 Å². The van der Waals surface area contributed by atoms with E-state index in [4.69, 9.17) is 27.9 Å². The SMILES string of the molecule is CN(C(=O)Nc1cc(Cl)c(F)c(Cl)c1)[C@@H]1COCc2[nH]c(=O)c3cc(F)ccc3c21. The van der Waals surface area contributed by atoms with Gasteiger partial charge in [0, 0.05) is 24.0 Å². The molecule has 0 aliphatic carbocycles. The van der Waals surface area contributed by atoms with Gasteiger partial charge in [-0.3, -0.25) is 4.79 Å². The van der Waals surface area contributed by atoms with Gasteiger partial charge < -0.3 is 19.9 Å². The molecule has 30 heavy (non-hydrogen) atoms. The lowest BCUT2D eigenvalue weighted by atomic mass is 9.96. The van der Waals surface area contributed by atoms with Crippen LogP contribution in [0.3, 0.4) is 0 Å². The molecule has 2 aromatic carbocycles. The average molecular weight is 454 g/mol. The zero-order valence-corrected chi connectivity index (χ0v) is 17.1. The van der Waals surface area contributed by atoms with Gasteiger partial charge in [-0.25, -0.2) is 13.6 Å². The van der Waals surface area contributed by atoms with E-state index in [9.17, 15) is 18.4 Å². The number of carbonyl (C=O) groups excluding carboxylic acids is 1. The van der Waals surface area contributed by atoms with Crippen LogP contribution in [0.1, 0.15) is 17.3 Å². The van der Waals surface area contributed by atoms with Crippen molar-refractivity contribution in [3.05, 3.63) is 73.6 Å². The molecule has 1 aliphatic rings. The van der Waals surface area contributed by atoms with Crippen LogP contribution in [0.25, 0.3) is 10.8 Å². The summed E-state index contributed by atoms with van der Waals surface area (Å²) in [5.74, 6) is -1.31. The van der Waals surface area contributed by atoms with Crippen molar-refractivity contribution in [2.75, 3.05) is 19.0 Å². The fourth-order valence-corrected chi connectivity index (χ4v) is 4.00. The van der Waals surface area contributed by atoms with Gasteiger partial charge in [-0.05, 0) is 29.7 Å². The van der Waals surface area contributed by atoms with E-state index in [-0.39, 0.29) is 34.3 Å². The number of halogens is 4. The molecule has 6 nitrogen and oxygen atoms in total. The highest BCUT2D eigenvalue weighted by Crippen LogP contribution is 2.34. The third-order valence-corrected chi connectivity index (χ3v) is 5.53. The summed E-state index contributed by atoms with van der Waals surface area (Å²) in [5, 5.41) is 2.89. The molecule has 4 rings (SSSR count). The second-order valence-corrected chi connectivity index (χ2v) is 7.68. The molecular weight excluding hydrogens is 439 g/mol. The molecule has 2 heterocycles. The third kappa shape index (κ3) is 3.62. The minimum Gasteiger partial charge on any atom is -0.373 e. The van der Waals surface area contributed by atoms with Gasteiger partial charge in [-0.2, -0.15) is 0 Å². The molecule has 10 heteroatoms. The number of benzene rings is 2. The zero-order valence-electron chi connectivity index (χ0n) is 15.6. The second-order valence-electron chi connectivity index (χ2n) is 6.86. The maximum atomic E-state index is 13.7. The standard InChI is InChI=1S/C20H15Cl2F2N3O3/c1-27(20(29)25-10-5-13(21)18(24)14(22)6-10)16-8-30-7-15-17(16)11-3-2-9(23)4-12(11)19(28)26-15/h2-6,16H,7-8H2,1H3,(H,25,29)(H,26,28)/t16-/m1/s1. The van der Waals surface area contributed by atoms with Crippen LogP contribution in [-0.2, 0) is 11.3 Å². The van der Waals surface area contributed by atoms with Crippen LogP contribution in [0.2, 0.25) is 10.0 Å². The predicted molar refractivity (Wildman–Crippen MR) is 110 cm³/mol. The number of nitrogens with zero attached hydrogens (tertiary/aromatic N) is 1. The summed E-state index contributed by atoms with van der Waals surface area (Å²) in [4.78, 5) is 29.2. The Bertz CT molecular complexity index is 1210. The first kappa shape index (κ1) is 20.6. The van der Waals surface area contributed by atoms with Gasteiger partial charge in [0.05, 0.1) is 34.7 Å². The number of aromatic amines is 1. The van der Waals surface area contributed by atoms with Crippen LogP contribution in [0.5, 0.6) is 0 Å². The molecule has 2 N–H and O–H groups in total. The molecule has 0 fully saturated rings. The number of hydrogen-bond donors (Lipinski definition) is 2. The Morgan fingerprint density at radius 2 is 1.90 bits per heavy atom. The molecule has 1 aliphatic heterocycles. The molecule has 0 spiro atoms. The maximum Gasteiger partial charge on any atom is 0.322 e. The molecule has 156 valence electrons. The fourth-order valence-electron chi connectivity index (χ4n) is 3.51. The number of fused-ring (bicyclic) bond motifs is 3. The molecule has 2 amide bonds. The number of nitrogens with one attached hydrogen (secondary N) is 2. The van der Waals surface area contributed by atoms with Crippen molar-refractivity contribution < 1.29 is 18.3 Å². The van der Waals surface area contributed by atoms with E-state index in [0.717, 1.165) is 6.07 Å². The number of urea groups is 1. The average Bonchev–Trinajstić information content (AvgIpc) is 2.71. The molecule has 0 saturated heterocycles. The monoisotopic (exact) mass is 453 g/mol. The van der Waals surface area contributed by atoms with Crippen molar-refractivity contribution in [3.63, 3.8) is 0 Å². The highest BCUT2D eigenvalue weighted by molar-refractivity contribution is 6.35. The summed E-state index contributed by atoms with van der Waals surface area (Å²) in [7, 11) is 1.55. The number of aromatic nitrogens is 1. The number of ether oxygens (including phenoxy) is 1. The molecular formula is C20H15Cl2F2N3O3. The molecule has 0 saturated carbocycles. The van der Waals surface area contributed by atoms with Crippen LogP contribution in [-0.4, -0.2) is 29.6 Å². The summed E-state index contributed by atoms with van der Waals surface area (Å²) in [6, 6.07) is 5.33. The first-order valence-electron chi connectivity index (χ1n) is 8.86. The third-order valence-electron chi connectivity index (χ3n) is 4.98. The number of rotatable bonds is 2. The minimum atomic E-state index is -0.776. The van der Waals surface area contributed by atoms with E-state index in [1.807, 2.05) is 0 Å². The summed E-state index contributed by atoms with van der Waals surface area (Å²) in [6.45, 7) is 0.327. The van der Waals surface area contributed by atoms with Crippen LogP contribution < -0.4 is 10.9 Å². The largest absolute Gasteiger partial charge is 0.373 e. The van der Waals surface area contributed by atoms with Crippen molar-refractivity contribution >= 4 is 45.7 Å². The Morgan fingerprint density at radius 1 is 1.20 bits per heavy atom. The number of H-pyrrole nitrogens is 1. The van der Waals surface area contributed by atoms with Gasteiger partial charge in [0.15, 0.2) is 5.82 Å². The minimum absolute atomic E-state index is 0.160. The molecule has 1 atom stereocenters. The number of amides is 2. The molecule has 0 unspecified atom stereocenters. The summed E-state index contributed by atoms with van der Waals surface area (Å²) < 4.78 is 32.8. The summed E-state index contributed by atoms with van der Waals surface area (Å²) >= 11 is 11.6. The van der Waals surface area contributed by atoms with Crippen molar-refractivity contribution in [1.29, 1.82) is 0 Å². The van der Waals surface area contributed by atoms with Crippen LogP contribution in [0, 0.1) is 11.6 Å². The topological polar surface area (TPSA) is 74.4 Å². The van der Waals surface area contributed by atoms with E-state index >= 15 is 0 Å². The van der Waals surface area contributed by atoms with Gasteiger partial charge >= 0.3 is 6.03 Å². The van der Waals surface area contributed by atoms with E-state index in [1.165, 1.54) is 29.2 Å². The quantitative estimate of drug-likeness (QED) is 0.544. The fraction of sp³-hybridized carbons (Fsp3) is 0.200. The van der Waals surface area contributed by atoms with E-state index < -0.39 is 29.3 Å². The number of hydrogen-bond acceptors (Lipinski definition) is 3. The van der Waals surface area contributed by atoms with Crippen LogP contribution in [0.15, 0.2) is 35.1 Å². The number of anilines is 1. The van der Waals surface area contributed by atoms with Gasteiger partial charge in [0.1, 0.15) is 5.82 Å². The Morgan fingerprint density at radius 3 is 2.60 bits per heavy atom. The lowest BCUT2D eigenvalue weighted by molar-refractivity contribution is 0.0527.